The molecule has 2 aromatic rings. The number of thiazole rings is 1. The van der Waals surface area contributed by atoms with E-state index in [2.05, 4.69) is 44.0 Å². The minimum Gasteiger partial charge on any atom is -0.375 e. The fourth-order valence-electron chi connectivity index (χ4n) is 1.71. The quantitative estimate of drug-likeness (QED) is 0.854. The molecule has 0 atom stereocenters. The molecule has 0 aliphatic carbocycles. The highest BCUT2D eigenvalue weighted by molar-refractivity contribution is 7.18. The SMILES string of the molecule is Cc1cc(-c2cnc(N)s2)cc(C(C)C)c1. The molecule has 1 aromatic carbocycles. The predicted molar refractivity (Wildman–Crippen MR) is 70.8 cm³/mol. The normalized spacial score (nSPS) is 11.0. The molecule has 0 aliphatic rings. The van der Waals surface area contributed by atoms with E-state index in [0.717, 1.165) is 4.88 Å². The molecule has 0 spiro atoms. The number of hydrogen-bond donors (Lipinski definition) is 1. The lowest BCUT2D eigenvalue weighted by Gasteiger charge is -2.09. The van der Waals surface area contributed by atoms with Crippen molar-refractivity contribution in [3.63, 3.8) is 0 Å². The number of aromatic nitrogens is 1. The first-order valence-corrected chi connectivity index (χ1v) is 6.21. The third kappa shape index (κ3) is 2.25. The van der Waals surface area contributed by atoms with E-state index in [1.165, 1.54) is 28.0 Å². The van der Waals surface area contributed by atoms with Crippen LogP contribution in [0.5, 0.6) is 0 Å². The highest BCUT2D eigenvalue weighted by Crippen LogP contribution is 2.30. The fraction of sp³-hybridized carbons (Fsp3) is 0.308. The average molecular weight is 232 g/mol. The van der Waals surface area contributed by atoms with Gasteiger partial charge in [-0.15, -0.1) is 0 Å². The summed E-state index contributed by atoms with van der Waals surface area (Å²) < 4.78 is 0. The summed E-state index contributed by atoms with van der Waals surface area (Å²) in [4.78, 5) is 5.24. The van der Waals surface area contributed by atoms with Crippen LogP contribution in [0.2, 0.25) is 0 Å². The maximum atomic E-state index is 5.66. The molecule has 2 N–H and O–H groups in total. The topological polar surface area (TPSA) is 38.9 Å². The molecule has 1 heterocycles. The molecule has 3 heteroatoms. The van der Waals surface area contributed by atoms with Crippen molar-refractivity contribution in [2.75, 3.05) is 5.73 Å². The Morgan fingerprint density at radius 1 is 1.25 bits per heavy atom. The first-order valence-electron chi connectivity index (χ1n) is 5.39. The Labute approximate surface area is 100 Å². The molecule has 0 unspecified atom stereocenters. The van der Waals surface area contributed by atoms with Gasteiger partial charge < -0.3 is 5.73 Å². The number of benzene rings is 1. The van der Waals surface area contributed by atoms with Gasteiger partial charge >= 0.3 is 0 Å². The van der Waals surface area contributed by atoms with Crippen LogP contribution in [0.1, 0.15) is 30.9 Å². The summed E-state index contributed by atoms with van der Waals surface area (Å²) in [5.41, 5.74) is 9.53. The number of anilines is 1. The van der Waals surface area contributed by atoms with Gasteiger partial charge in [0.25, 0.3) is 0 Å². The van der Waals surface area contributed by atoms with E-state index in [-0.39, 0.29) is 0 Å². The molecule has 84 valence electrons. The molecule has 16 heavy (non-hydrogen) atoms. The highest BCUT2D eigenvalue weighted by atomic mass is 32.1. The van der Waals surface area contributed by atoms with E-state index in [1.54, 1.807) is 0 Å². The minimum atomic E-state index is 0.545. The Kier molecular flexibility index (Phi) is 2.97. The second kappa shape index (κ2) is 4.26. The van der Waals surface area contributed by atoms with E-state index in [4.69, 9.17) is 5.73 Å². The zero-order chi connectivity index (χ0) is 11.7. The summed E-state index contributed by atoms with van der Waals surface area (Å²) in [5.74, 6) is 0.545. The lowest BCUT2D eigenvalue weighted by atomic mass is 9.98. The number of nitrogens with zero attached hydrogens (tertiary/aromatic N) is 1. The van der Waals surface area contributed by atoms with Crippen molar-refractivity contribution >= 4 is 16.5 Å². The maximum absolute atomic E-state index is 5.66. The van der Waals surface area contributed by atoms with Crippen LogP contribution < -0.4 is 5.73 Å². The Morgan fingerprint density at radius 3 is 2.56 bits per heavy atom. The van der Waals surface area contributed by atoms with E-state index in [1.807, 2.05) is 6.20 Å². The molecule has 0 amide bonds. The largest absolute Gasteiger partial charge is 0.375 e. The van der Waals surface area contributed by atoms with Crippen LogP contribution >= 0.6 is 11.3 Å². The van der Waals surface area contributed by atoms with Gasteiger partial charge in [-0.3, -0.25) is 0 Å². The van der Waals surface area contributed by atoms with Crippen molar-refractivity contribution in [3.8, 4) is 10.4 Å². The molecule has 2 nitrogen and oxygen atoms in total. The van der Waals surface area contributed by atoms with E-state index in [9.17, 15) is 0 Å². The molecule has 0 saturated carbocycles. The summed E-state index contributed by atoms with van der Waals surface area (Å²) >= 11 is 1.54. The number of aryl methyl sites for hydroxylation is 1. The Hall–Kier alpha value is -1.35. The highest BCUT2D eigenvalue weighted by Gasteiger charge is 2.06. The van der Waals surface area contributed by atoms with Crippen molar-refractivity contribution in [3.05, 3.63) is 35.5 Å². The third-order valence-corrected chi connectivity index (χ3v) is 3.45. The van der Waals surface area contributed by atoms with Crippen LogP contribution in [0.25, 0.3) is 10.4 Å². The molecule has 0 fully saturated rings. The Morgan fingerprint density at radius 2 is 2.00 bits per heavy atom. The van der Waals surface area contributed by atoms with Gasteiger partial charge in [0.05, 0.1) is 4.88 Å². The molecule has 0 radical (unpaired) electrons. The second-order valence-corrected chi connectivity index (χ2v) is 5.41. The standard InChI is InChI=1S/C13H16N2S/c1-8(2)10-4-9(3)5-11(6-10)12-7-15-13(14)16-12/h4-8H,1-3H3,(H2,14,15). The summed E-state index contributed by atoms with van der Waals surface area (Å²) in [6.07, 6.45) is 1.85. The third-order valence-electron chi connectivity index (χ3n) is 2.57. The minimum absolute atomic E-state index is 0.545. The van der Waals surface area contributed by atoms with Crippen LogP contribution in [0.3, 0.4) is 0 Å². The smallest absolute Gasteiger partial charge is 0.180 e. The summed E-state index contributed by atoms with van der Waals surface area (Å²) in [6.45, 7) is 6.54. The number of hydrogen-bond acceptors (Lipinski definition) is 3. The molecule has 1 aromatic heterocycles. The van der Waals surface area contributed by atoms with Crippen molar-refractivity contribution in [1.29, 1.82) is 0 Å². The van der Waals surface area contributed by atoms with Crippen LogP contribution in [0.15, 0.2) is 24.4 Å². The van der Waals surface area contributed by atoms with E-state index in [0.29, 0.717) is 11.0 Å². The maximum Gasteiger partial charge on any atom is 0.180 e. The average Bonchev–Trinajstić information content (AvgIpc) is 2.64. The van der Waals surface area contributed by atoms with Gasteiger partial charge in [-0.2, -0.15) is 0 Å². The van der Waals surface area contributed by atoms with Crippen LogP contribution in [0, 0.1) is 6.92 Å². The zero-order valence-corrected chi connectivity index (χ0v) is 10.6. The van der Waals surface area contributed by atoms with Gasteiger partial charge in [0.2, 0.25) is 0 Å². The summed E-state index contributed by atoms with van der Waals surface area (Å²) in [7, 11) is 0. The lowest BCUT2D eigenvalue weighted by molar-refractivity contribution is 0.865. The van der Waals surface area contributed by atoms with Crippen molar-refractivity contribution in [1.82, 2.24) is 4.98 Å². The Balaban J connectivity index is 2.49. The van der Waals surface area contributed by atoms with Gasteiger partial charge in [0.15, 0.2) is 5.13 Å². The van der Waals surface area contributed by atoms with Gasteiger partial charge in [-0.05, 0) is 24.0 Å². The monoisotopic (exact) mass is 232 g/mol. The number of rotatable bonds is 2. The number of nitrogens with two attached hydrogens (primary N) is 1. The van der Waals surface area contributed by atoms with Gasteiger partial charge in [0.1, 0.15) is 0 Å². The first-order chi connectivity index (χ1) is 7.56. The lowest BCUT2D eigenvalue weighted by Crippen LogP contribution is -1.89. The molecule has 2 rings (SSSR count). The molecule has 0 saturated heterocycles. The van der Waals surface area contributed by atoms with E-state index >= 15 is 0 Å². The fourth-order valence-corrected chi connectivity index (χ4v) is 2.38. The molecule has 0 aliphatic heterocycles. The van der Waals surface area contributed by atoms with Crippen LogP contribution in [-0.2, 0) is 0 Å². The van der Waals surface area contributed by atoms with Crippen LogP contribution in [-0.4, -0.2) is 4.98 Å². The first kappa shape index (κ1) is 11.1. The molecular weight excluding hydrogens is 216 g/mol. The summed E-state index contributed by atoms with van der Waals surface area (Å²) in [5, 5.41) is 0.627. The molecular formula is C13H16N2S. The van der Waals surface area contributed by atoms with Gasteiger partial charge in [-0.1, -0.05) is 48.9 Å². The van der Waals surface area contributed by atoms with Gasteiger partial charge in [-0.25, -0.2) is 4.98 Å². The van der Waals surface area contributed by atoms with Crippen molar-refractivity contribution in [2.45, 2.75) is 26.7 Å². The van der Waals surface area contributed by atoms with Crippen molar-refractivity contribution in [2.24, 2.45) is 0 Å². The van der Waals surface area contributed by atoms with E-state index < -0.39 is 0 Å². The second-order valence-electron chi connectivity index (χ2n) is 4.35. The Bertz CT molecular complexity index is 500. The van der Waals surface area contributed by atoms with Crippen LogP contribution in [0.4, 0.5) is 5.13 Å². The number of nitrogen functional groups attached to an aromatic ring is 1. The molecule has 0 bridgehead atoms. The van der Waals surface area contributed by atoms with Gasteiger partial charge in [0, 0.05) is 6.20 Å². The zero-order valence-electron chi connectivity index (χ0n) is 9.82. The predicted octanol–water partition coefficient (Wildman–Crippen LogP) is 3.82. The summed E-state index contributed by atoms with van der Waals surface area (Å²) in [6, 6.07) is 6.64. The van der Waals surface area contributed by atoms with Crippen molar-refractivity contribution < 1.29 is 0 Å².